The van der Waals surface area contributed by atoms with Crippen LogP contribution in [-0.2, 0) is 19.0 Å². The molecule has 29 heavy (non-hydrogen) atoms. The van der Waals surface area contributed by atoms with Gasteiger partial charge in [-0.25, -0.2) is 0 Å². The predicted octanol–water partition coefficient (Wildman–Crippen LogP) is 5.18. The van der Waals surface area contributed by atoms with Crippen molar-refractivity contribution in [2.24, 2.45) is 28.6 Å². The molecule has 4 aliphatic carbocycles. The van der Waals surface area contributed by atoms with Crippen LogP contribution in [0.1, 0.15) is 72.6 Å². The highest BCUT2D eigenvalue weighted by Gasteiger charge is 2.59. The van der Waals surface area contributed by atoms with Crippen molar-refractivity contribution in [3.63, 3.8) is 0 Å². The molecule has 0 N–H and O–H groups in total. The number of hydrogen-bond acceptors (Lipinski definition) is 4. The maximum Gasteiger partial charge on any atom is 0.302 e. The molecule has 0 amide bonds. The molecule has 0 unspecified atom stereocenters. The van der Waals surface area contributed by atoms with Gasteiger partial charge < -0.3 is 14.2 Å². The van der Waals surface area contributed by atoms with Gasteiger partial charge in [0.2, 0.25) is 0 Å². The first kappa shape index (κ1) is 19.8. The maximum atomic E-state index is 11.4. The average Bonchev–Trinajstić information content (AvgIpc) is 3.25. The van der Waals surface area contributed by atoms with Crippen LogP contribution in [0.15, 0.2) is 23.3 Å². The van der Waals surface area contributed by atoms with Gasteiger partial charge in [-0.05, 0) is 79.6 Å². The molecule has 4 heteroatoms. The van der Waals surface area contributed by atoms with Crippen LogP contribution in [0, 0.1) is 28.6 Å². The molecule has 1 heterocycles. The van der Waals surface area contributed by atoms with Gasteiger partial charge in [0, 0.05) is 13.3 Å². The van der Waals surface area contributed by atoms with Crippen LogP contribution in [0.2, 0.25) is 0 Å². The lowest BCUT2D eigenvalue weighted by molar-refractivity contribution is -0.149. The molecule has 2 saturated carbocycles. The summed E-state index contributed by atoms with van der Waals surface area (Å²) < 4.78 is 17.7. The number of carbonyl (C=O) groups is 1. The first-order valence-corrected chi connectivity index (χ1v) is 11.6. The monoisotopic (exact) mass is 400 g/mol. The van der Waals surface area contributed by atoms with Crippen molar-refractivity contribution in [2.45, 2.75) is 84.5 Å². The second kappa shape index (κ2) is 6.68. The lowest BCUT2D eigenvalue weighted by atomic mass is 9.47. The molecule has 1 aliphatic heterocycles. The van der Waals surface area contributed by atoms with Gasteiger partial charge >= 0.3 is 5.97 Å². The molecule has 3 fully saturated rings. The third kappa shape index (κ3) is 2.89. The quantitative estimate of drug-likeness (QED) is 0.473. The van der Waals surface area contributed by atoms with Crippen LogP contribution in [-0.4, -0.2) is 31.1 Å². The second-order valence-electron chi connectivity index (χ2n) is 10.7. The normalized spacial score (nSPS) is 45.5. The van der Waals surface area contributed by atoms with E-state index in [9.17, 15) is 4.79 Å². The first-order chi connectivity index (χ1) is 13.8. The van der Waals surface area contributed by atoms with Gasteiger partial charge in [-0.15, -0.1) is 0 Å². The van der Waals surface area contributed by atoms with Gasteiger partial charge in [0.1, 0.15) is 6.10 Å². The Morgan fingerprint density at radius 1 is 1.00 bits per heavy atom. The SMILES string of the molecule is CC(=O)O[C@@H]1CC[C@@]2(C)C(=CC[C@@H]3[C@@H]2CC[C@]2(C)C(C4(C)OCCO4)=CC[C@@H]32)C1. The summed E-state index contributed by atoms with van der Waals surface area (Å²) in [5, 5.41) is 0. The largest absolute Gasteiger partial charge is 0.462 e. The molecule has 4 nitrogen and oxygen atoms in total. The Morgan fingerprint density at radius 2 is 1.72 bits per heavy atom. The zero-order valence-corrected chi connectivity index (χ0v) is 18.5. The topological polar surface area (TPSA) is 44.8 Å². The van der Waals surface area contributed by atoms with E-state index in [2.05, 4.69) is 32.9 Å². The van der Waals surface area contributed by atoms with E-state index in [0.717, 1.165) is 37.5 Å². The zero-order chi connectivity index (χ0) is 20.4. The van der Waals surface area contributed by atoms with Gasteiger partial charge in [0.05, 0.1) is 13.2 Å². The van der Waals surface area contributed by atoms with Crippen LogP contribution in [0.25, 0.3) is 0 Å². The van der Waals surface area contributed by atoms with E-state index in [1.54, 1.807) is 5.57 Å². The standard InChI is InChI=1S/C25H36O4/c1-16(26)29-18-9-11-23(2)17(15-18)5-6-19-20-7-8-22(25(4)27-13-14-28-25)24(20,3)12-10-21(19)23/h5,8,18-21H,6-7,9-15H2,1-4H3/t18-,19+,20+,21+,23+,24+/m1/s1. The molecule has 5 rings (SSSR count). The highest BCUT2D eigenvalue weighted by Crippen LogP contribution is 2.66. The Balaban J connectivity index is 1.39. The number of hydrogen-bond donors (Lipinski definition) is 0. The highest BCUT2D eigenvalue weighted by atomic mass is 16.7. The minimum atomic E-state index is -0.516. The average molecular weight is 401 g/mol. The van der Waals surface area contributed by atoms with Crippen LogP contribution >= 0.6 is 0 Å². The van der Waals surface area contributed by atoms with Crippen LogP contribution in [0.4, 0.5) is 0 Å². The van der Waals surface area contributed by atoms with Crippen molar-refractivity contribution in [3.8, 4) is 0 Å². The van der Waals surface area contributed by atoms with Crippen molar-refractivity contribution in [2.75, 3.05) is 13.2 Å². The fourth-order valence-electron chi connectivity index (χ4n) is 7.90. The number of rotatable bonds is 2. The van der Waals surface area contributed by atoms with Crippen molar-refractivity contribution >= 4 is 5.97 Å². The Hall–Kier alpha value is -1.13. The van der Waals surface area contributed by atoms with Crippen LogP contribution in [0.5, 0.6) is 0 Å². The number of carbonyl (C=O) groups excluding carboxylic acids is 1. The molecule has 0 aromatic heterocycles. The third-order valence-corrected chi connectivity index (χ3v) is 9.30. The van der Waals surface area contributed by atoms with Crippen molar-refractivity contribution in [1.82, 2.24) is 0 Å². The van der Waals surface area contributed by atoms with E-state index in [0.29, 0.717) is 19.1 Å². The maximum absolute atomic E-state index is 11.4. The molecular formula is C25H36O4. The minimum Gasteiger partial charge on any atom is -0.462 e. The van der Waals surface area contributed by atoms with E-state index in [1.165, 1.54) is 31.8 Å². The van der Waals surface area contributed by atoms with Crippen LogP contribution in [0.3, 0.4) is 0 Å². The van der Waals surface area contributed by atoms with E-state index < -0.39 is 5.79 Å². The van der Waals surface area contributed by atoms with Gasteiger partial charge in [-0.2, -0.15) is 0 Å². The Morgan fingerprint density at radius 3 is 2.45 bits per heavy atom. The number of fused-ring (bicyclic) bond motifs is 5. The fraction of sp³-hybridized carbons (Fsp3) is 0.800. The van der Waals surface area contributed by atoms with Crippen LogP contribution < -0.4 is 0 Å². The zero-order valence-electron chi connectivity index (χ0n) is 18.5. The Labute approximate surface area is 175 Å². The third-order valence-electron chi connectivity index (χ3n) is 9.30. The van der Waals surface area contributed by atoms with Crippen molar-refractivity contribution < 1.29 is 19.0 Å². The molecule has 6 atom stereocenters. The van der Waals surface area contributed by atoms with E-state index in [1.807, 2.05) is 0 Å². The van der Waals surface area contributed by atoms with Gasteiger partial charge in [-0.3, -0.25) is 4.79 Å². The molecule has 5 aliphatic rings. The summed E-state index contributed by atoms with van der Waals surface area (Å²) in [6, 6.07) is 0. The van der Waals surface area contributed by atoms with E-state index in [4.69, 9.17) is 14.2 Å². The second-order valence-corrected chi connectivity index (χ2v) is 10.7. The number of esters is 1. The van der Waals surface area contributed by atoms with Gasteiger partial charge in [0.25, 0.3) is 0 Å². The molecule has 0 aromatic carbocycles. The Kier molecular flexibility index (Phi) is 4.57. The summed E-state index contributed by atoms with van der Waals surface area (Å²) in [5.74, 6) is 1.49. The summed E-state index contributed by atoms with van der Waals surface area (Å²) in [7, 11) is 0. The molecule has 160 valence electrons. The first-order valence-electron chi connectivity index (χ1n) is 11.6. The molecule has 1 saturated heterocycles. The van der Waals surface area contributed by atoms with Crippen molar-refractivity contribution in [3.05, 3.63) is 23.3 Å². The molecular weight excluding hydrogens is 364 g/mol. The minimum absolute atomic E-state index is 0.0774. The summed E-state index contributed by atoms with van der Waals surface area (Å²) in [5.41, 5.74) is 3.43. The Bertz CT molecular complexity index is 761. The molecule has 0 radical (unpaired) electrons. The van der Waals surface area contributed by atoms with E-state index >= 15 is 0 Å². The predicted molar refractivity (Wildman–Crippen MR) is 111 cm³/mol. The number of allylic oxidation sites excluding steroid dienone is 2. The summed E-state index contributed by atoms with van der Waals surface area (Å²) in [6.45, 7) is 10.0. The lowest BCUT2D eigenvalue weighted by Gasteiger charge is -2.58. The smallest absolute Gasteiger partial charge is 0.302 e. The molecule has 0 spiro atoms. The lowest BCUT2D eigenvalue weighted by Crippen LogP contribution is -2.51. The van der Waals surface area contributed by atoms with Crippen molar-refractivity contribution in [1.29, 1.82) is 0 Å². The number of ether oxygens (including phenoxy) is 3. The fourth-order valence-corrected chi connectivity index (χ4v) is 7.90. The molecule has 0 bridgehead atoms. The summed E-state index contributed by atoms with van der Waals surface area (Å²) in [6.07, 6.45) is 13.0. The van der Waals surface area contributed by atoms with Gasteiger partial charge in [-0.1, -0.05) is 31.6 Å². The summed E-state index contributed by atoms with van der Waals surface area (Å²) >= 11 is 0. The summed E-state index contributed by atoms with van der Waals surface area (Å²) in [4.78, 5) is 11.4. The molecule has 0 aromatic rings. The van der Waals surface area contributed by atoms with Gasteiger partial charge in [0.15, 0.2) is 5.79 Å². The highest BCUT2D eigenvalue weighted by molar-refractivity contribution is 5.66. The van der Waals surface area contributed by atoms with E-state index in [-0.39, 0.29) is 22.9 Å².